The molecule has 25 heavy (non-hydrogen) atoms. The van der Waals surface area contributed by atoms with E-state index in [0.29, 0.717) is 17.0 Å². The van der Waals surface area contributed by atoms with Gasteiger partial charge in [-0.2, -0.15) is 0 Å². The second-order valence-corrected chi connectivity index (χ2v) is 5.77. The lowest BCUT2D eigenvalue weighted by Crippen LogP contribution is -2.11. The minimum absolute atomic E-state index is 0.233. The molecule has 0 saturated carbocycles. The Labute approximate surface area is 144 Å². The Morgan fingerprint density at radius 2 is 1.96 bits per heavy atom. The van der Waals surface area contributed by atoms with E-state index in [9.17, 15) is 4.79 Å². The molecule has 2 heterocycles. The van der Waals surface area contributed by atoms with Crippen molar-refractivity contribution in [2.24, 2.45) is 0 Å². The third kappa shape index (κ3) is 2.70. The van der Waals surface area contributed by atoms with Gasteiger partial charge in [0.15, 0.2) is 17.1 Å². The van der Waals surface area contributed by atoms with E-state index in [-0.39, 0.29) is 11.7 Å². The molecule has 2 aromatic carbocycles. The maximum Gasteiger partial charge on any atom is 0.291 e. The summed E-state index contributed by atoms with van der Waals surface area (Å²) in [5, 5.41) is 4.61. The summed E-state index contributed by atoms with van der Waals surface area (Å²) in [5.74, 6) is 0.518. The van der Waals surface area contributed by atoms with Gasteiger partial charge in [-0.25, -0.2) is 0 Å². The van der Waals surface area contributed by atoms with E-state index < -0.39 is 0 Å². The molecule has 1 N–H and O–H groups in total. The molecular weight excluding hydrogens is 316 g/mol. The number of anilines is 1. The first-order valence-corrected chi connectivity index (χ1v) is 7.90. The van der Waals surface area contributed by atoms with Gasteiger partial charge < -0.3 is 14.5 Å². The summed E-state index contributed by atoms with van der Waals surface area (Å²) in [6, 6.07) is 16.8. The number of methoxy groups -OCH3 is 1. The number of pyridine rings is 1. The molecule has 0 saturated heterocycles. The van der Waals surface area contributed by atoms with Crippen LogP contribution in [0.2, 0.25) is 0 Å². The number of aryl methyl sites for hydroxylation is 1. The number of benzene rings is 2. The topological polar surface area (TPSA) is 64.4 Å². The zero-order chi connectivity index (χ0) is 17.4. The fourth-order valence-corrected chi connectivity index (χ4v) is 2.86. The molecule has 4 aromatic rings. The first kappa shape index (κ1) is 15.2. The van der Waals surface area contributed by atoms with Crippen LogP contribution in [0.1, 0.15) is 16.2 Å². The Bertz CT molecular complexity index is 1100. The van der Waals surface area contributed by atoms with Crippen molar-refractivity contribution in [3.05, 3.63) is 66.1 Å². The molecule has 0 atom stereocenters. The molecule has 5 nitrogen and oxygen atoms in total. The van der Waals surface area contributed by atoms with E-state index in [0.717, 1.165) is 22.0 Å². The van der Waals surface area contributed by atoms with Gasteiger partial charge in [0.1, 0.15) is 0 Å². The minimum Gasteiger partial charge on any atom is -0.493 e. The summed E-state index contributed by atoms with van der Waals surface area (Å²) < 4.78 is 11.0. The summed E-state index contributed by atoms with van der Waals surface area (Å²) >= 11 is 0. The number of fused-ring (bicyclic) bond motifs is 2. The molecular formula is C20H16N2O3. The number of nitrogens with one attached hydrogen (secondary N) is 1. The Balaban J connectivity index is 1.71. The van der Waals surface area contributed by atoms with Crippen LogP contribution in [-0.4, -0.2) is 18.0 Å². The van der Waals surface area contributed by atoms with Crippen molar-refractivity contribution in [3.63, 3.8) is 0 Å². The van der Waals surface area contributed by atoms with Crippen LogP contribution < -0.4 is 10.1 Å². The first-order chi connectivity index (χ1) is 12.2. The van der Waals surface area contributed by atoms with Crippen molar-refractivity contribution in [2.45, 2.75) is 6.92 Å². The molecule has 1 amide bonds. The summed E-state index contributed by atoms with van der Waals surface area (Å²) in [5.41, 5.74) is 3.03. The van der Waals surface area contributed by atoms with Gasteiger partial charge in [0.25, 0.3) is 5.91 Å². The molecule has 2 aromatic heterocycles. The molecule has 0 aliphatic heterocycles. The Morgan fingerprint density at radius 1 is 1.12 bits per heavy atom. The molecule has 0 aliphatic rings. The predicted molar refractivity (Wildman–Crippen MR) is 97.2 cm³/mol. The number of furan rings is 1. The third-order valence-electron chi connectivity index (χ3n) is 4.07. The summed E-state index contributed by atoms with van der Waals surface area (Å²) in [6.07, 6.45) is 0. The third-order valence-corrected chi connectivity index (χ3v) is 4.07. The molecule has 5 heteroatoms. The lowest BCUT2D eigenvalue weighted by molar-refractivity contribution is 0.0998. The molecule has 0 unspecified atom stereocenters. The highest BCUT2D eigenvalue weighted by atomic mass is 16.5. The standard InChI is InChI=1S/C20H16N2O3/c1-12-9-10-14-15(21-12)6-4-7-16(14)22-20(23)18-11-13-5-3-8-17(24-2)19(13)25-18/h3-11H,1-2H3,(H,22,23). The average Bonchev–Trinajstić information content (AvgIpc) is 3.06. The van der Waals surface area contributed by atoms with E-state index >= 15 is 0 Å². The molecule has 124 valence electrons. The van der Waals surface area contributed by atoms with Crippen LogP contribution in [-0.2, 0) is 0 Å². The number of para-hydroxylation sites is 1. The summed E-state index contributed by atoms with van der Waals surface area (Å²) in [7, 11) is 1.57. The first-order valence-electron chi connectivity index (χ1n) is 7.90. The predicted octanol–water partition coefficient (Wildman–Crippen LogP) is 4.55. The van der Waals surface area contributed by atoms with Crippen LogP contribution >= 0.6 is 0 Å². The van der Waals surface area contributed by atoms with Crippen molar-refractivity contribution >= 4 is 33.5 Å². The van der Waals surface area contributed by atoms with Crippen molar-refractivity contribution in [1.29, 1.82) is 0 Å². The van der Waals surface area contributed by atoms with Gasteiger partial charge in [-0.05, 0) is 43.3 Å². The summed E-state index contributed by atoms with van der Waals surface area (Å²) in [4.78, 5) is 17.1. The normalized spacial score (nSPS) is 11.0. The van der Waals surface area contributed by atoms with E-state index in [1.54, 1.807) is 19.2 Å². The monoisotopic (exact) mass is 332 g/mol. The number of aromatic nitrogens is 1. The molecule has 0 spiro atoms. The second kappa shape index (κ2) is 5.94. The number of hydrogen-bond acceptors (Lipinski definition) is 4. The number of carbonyl (C=O) groups is 1. The number of nitrogens with zero attached hydrogens (tertiary/aromatic N) is 1. The van der Waals surface area contributed by atoms with Crippen molar-refractivity contribution in [2.75, 3.05) is 12.4 Å². The highest BCUT2D eigenvalue weighted by molar-refractivity contribution is 6.09. The number of rotatable bonds is 3. The van der Waals surface area contributed by atoms with E-state index in [2.05, 4.69) is 10.3 Å². The zero-order valence-electron chi connectivity index (χ0n) is 13.9. The van der Waals surface area contributed by atoms with Crippen molar-refractivity contribution < 1.29 is 13.9 Å². The Kier molecular flexibility index (Phi) is 3.61. The van der Waals surface area contributed by atoms with Crippen LogP contribution in [0, 0.1) is 6.92 Å². The highest BCUT2D eigenvalue weighted by Gasteiger charge is 2.16. The maximum atomic E-state index is 12.6. The fourth-order valence-electron chi connectivity index (χ4n) is 2.86. The molecule has 4 rings (SSSR count). The maximum absolute atomic E-state index is 12.6. The Hall–Kier alpha value is -3.34. The van der Waals surface area contributed by atoms with E-state index in [4.69, 9.17) is 9.15 Å². The Morgan fingerprint density at radius 3 is 2.80 bits per heavy atom. The van der Waals surface area contributed by atoms with Crippen LogP contribution in [0.4, 0.5) is 5.69 Å². The van der Waals surface area contributed by atoms with Gasteiger partial charge in [-0.1, -0.05) is 18.2 Å². The number of amides is 1. The van der Waals surface area contributed by atoms with Crippen LogP contribution in [0.5, 0.6) is 5.75 Å². The van der Waals surface area contributed by atoms with E-state index in [1.807, 2.05) is 49.4 Å². The number of hydrogen-bond donors (Lipinski definition) is 1. The van der Waals surface area contributed by atoms with Gasteiger partial charge in [0.2, 0.25) is 0 Å². The largest absolute Gasteiger partial charge is 0.493 e. The number of carbonyl (C=O) groups excluding carboxylic acids is 1. The summed E-state index contributed by atoms with van der Waals surface area (Å²) in [6.45, 7) is 1.94. The highest BCUT2D eigenvalue weighted by Crippen LogP contribution is 2.29. The average molecular weight is 332 g/mol. The van der Waals surface area contributed by atoms with Crippen LogP contribution in [0.3, 0.4) is 0 Å². The van der Waals surface area contributed by atoms with Gasteiger partial charge in [-0.15, -0.1) is 0 Å². The van der Waals surface area contributed by atoms with Crippen molar-refractivity contribution in [1.82, 2.24) is 4.98 Å². The van der Waals surface area contributed by atoms with Gasteiger partial charge in [-0.3, -0.25) is 9.78 Å². The van der Waals surface area contributed by atoms with Crippen LogP contribution in [0.15, 0.2) is 59.0 Å². The second-order valence-electron chi connectivity index (χ2n) is 5.77. The molecule has 0 fully saturated rings. The smallest absolute Gasteiger partial charge is 0.291 e. The van der Waals surface area contributed by atoms with Gasteiger partial charge >= 0.3 is 0 Å². The fraction of sp³-hybridized carbons (Fsp3) is 0.100. The SMILES string of the molecule is COc1cccc2cc(C(=O)Nc3cccc4nc(C)ccc34)oc12. The molecule has 0 radical (unpaired) electrons. The van der Waals surface area contributed by atoms with E-state index in [1.165, 1.54) is 0 Å². The number of ether oxygens (including phenoxy) is 1. The van der Waals surface area contributed by atoms with Gasteiger partial charge in [0, 0.05) is 16.5 Å². The van der Waals surface area contributed by atoms with Gasteiger partial charge in [0.05, 0.1) is 18.3 Å². The lowest BCUT2D eigenvalue weighted by atomic mass is 10.1. The van der Waals surface area contributed by atoms with Crippen LogP contribution in [0.25, 0.3) is 21.9 Å². The quantitative estimate of drug-likeness (QED) is 0.598. The zero-order valence-corrected chi connectivity index (χ0v) is 13.9. The van der Waals surface area contributed by atoms with Crippen molar-refractivity contribution in [3.8, 4) is 5.75 Å². The lowest BCUT2D eigenvalue weighted by Gasteiger charge is -2.07. The molecule has 0 bridgehead atoms. The minimum atomic E-state index is -0.314. The molecule has 0 aliphatic carbocycles.